The summed E-state index contributed by atoms with van der Waals surface area (Å²) < 4.78 is 0. The monoisotopic (exact) mass is 300 g/mol. The van der Waals surface area contributed by atoms with Gasteiger partial charge in [0, 0.05) is 24.3 Å². The lowest BCUT2D eigenvalue weighted by molar-refractivity contribution is 0.594. The fourth-order valence-corrected chi connectivity index (χ4v) is 3.57. The van der Waals surface area contributed by atoms with Gasteiger partial charge < -0.3 is 10.2 Å². The lowest BCUT2D eigenvalue weighted by Gasteiger charge is -2.29. The Morgan fingerprint density at radius 2 is 2.10 bits per heavy atom. The van der Waals surface area contributed by atoms with Crippen LogP contribution in [0.4, 0.5) is 5.69 Å². The minimum absolute atomic E-state index is 0.398. The van der Waals surface area contributed by atoms with Crippen LogP contribution in [0, 0.1) is 0 Å². The Balaban J connectivity index is 1.88. The second-order valence-electron chi connectivity index (χ2n) is 5.83. The van der Waals surface area contributed by atoms with E-state index in [2.05, 4.69) is 65.2 Å². The summed E-state index contributed by atoms with van der Waals surface area (Å²) in [6.07, 6.45) is 2.65. The molecule has 112 valence electrons. The molecule has 0 radical (unpaired) electrons. The van der Waals surface area contributed by atoms with Crippen molar-refractivity contribution < 1.29 is 0 Å². The number of benzene rings is 1. The van der Waals surface area contributed by atoms with Gasteiger partial charge in [-0.15, -0.1) is 0 Å². The summed E-state index contributed by atoms with van der Waals surface area (Å²) >= 11 is 1.79. The van der Waals surface area contributed by atoms with Crippen molar-refractivity contribution in [2.75, 3.05) is 11.4 Å². The number of para-hydroxylation sites is 1. The molecule has 1 atom stereocenters. The van der Waals surface area contributed by atoms with Crippen molar-refractivity contribution in [2.24, 2.45) is 0 Å². The molecule has 1 aromatic heterocycles. The summed E-state index contributed by atoms with van der Waals surface area (Å²) in [5.74, 6) is 0. The number of hydrogen-bond acceptors (Lipinski definition) is 3. The molecule has 1 fully saturated rings. The minimum atomic E-state index is 0.398. The zero-order valence-electron chi connectivity index (χ0n) is 12.9. The summed E-state index contributed by atoms with van der Waals surface area (Å²) in [4.78, 5) is 2.60. The molecular weight excluding hydrogens is 276 g/mol. The third-order valence-corrected chi connectivity index (χ3v) is 4.88. The van der Waals surface area contributed by atoms with Gasteiger partial charge in [-0.3, -0.25) is 0 Å². The number of rotatable bonds is 7. The molecule has 21 heavy (non-hydrogen) atoms. The Kier molecular flexibility index (Phi) is 4.61. The van der Waals surface area contributed by atoms with E-state index in [0.29, 0.717) is 6.04 Å². The highest BCUT2D eigenvalue weighted by Gasteiger charge is 2.31. The Hall–Kier alpha value is -1.32. The maximum atomic E-state index is 3.55. The highest BCUT2D eigenvalue weighted by atomic mass is 32.1. The fourth-order valence-electron chi connectivity index (χ4n) is 2.91. The van der Waals surface area contributed by atoms with Crippen LogP contribution < -0.4 is 10.2 Å². The second-order valence-corrected chi connectivity index (χ2v) is 6.61. The first-order valence-electron chi connectivity index (χ1n) is 7.89. The molecule has 3 rings (SSSR count). The SMILES string of the molecule is CCNC(C)c1ccccc1N(Cc1ccsc1)C1CC1. The normalized spacial score (nSPS) is 15.9. The van der Waals surface area contributed by atoms with E-state index in [4.69, 9.17) is 0 Å². The summed E-state index contributed by atoms with van der Waals surface area (Å²) in [6, 6.07) is 12.2. The molecule has 0 spiro atoms. The van der Waals surface area contributed by atoms with E-state index in [1.807, 2.05) is 0 Å². The third kappa shape index (κ3) is 3.47. The van der Waals surface area contributed by atoms with E-state index >= 15 is 0 Å². The zero-order valence-corrected chi connectivity index (χ0v) is 13.7. The summed E-state index contributed by atoms with van der Waals surface area (Å²) in [7, 11) is 0. The molecule has 2 nitrogen and oxygen atoms in total. The molecule has 2 aromatic rings. The van der Waals surface area contributed by atoms with E-state index in [0.717, 1.165) is 19.1 Å². The number of hydrogen-bond donors (Lipinski definition) is 1. The highest BCUT2D eigenvalue weighted by Crippen LogP contribution is 2.37. The Morgan fingerprint density at radius 1 is 1.29 bits per heavy atom. The average Bonchev–Trinajstić information content (AvgIpc) is 3.22. The number of nitrogens with one attached hydrogen (secondary N) is 1. The molecule has 3 heteroatoms. The molecule has 1 aliphatic carbocycles. The van der Waals surface area contributed by atoms with Crippen molar-refractivity contribution in [1.82, 2.24) is 5.32 Å². The second kappa shape index (κ2) is 6.63. The largest absolute Gasteiger partial charge is 0.364 e. The van der Waals surface area contributed by atoms with Gasteiger partial charge in [0.2, 0.25) is 0 Å². The van der Waals surface area contributed by atoms with Gasteiger partial charge in [-0.2, -0.15) is 11.3 Å². The van der Waals surface area contributed by atoms with Gasteiger partial charge in [0.1, 0.15) is 0 Å². The molecule has 1 aromatic carbocycles. The molecular formula is C18H24N2S. The maximum absolute atomic E-state index is 3.55. The molecule has 1 unspecified atom stereocenters. The minimum Gasteiger partial charge on any atom is -0.364 e. The van der Waals surface area contributed by atoms with E-state index in [9.17, 15) is 0 Å². The Bertz CT molecular complexity index is 560. The lowest BCUT2D eigenvalue weighted by atomic mass is 10.0. The van der Waals surface area contributed by atoms with Crippen LogP contribution in [0.1, 0.15) is 43.9 Å². The van der Waals surface area contributed by atoms with Crippen molar-refractivity contribution in [2.45, 2.75) is 45.3 Å². The standard InChI is InChI=1S/C18H24N2S/c1-3-19-14(2)17-6-4-5-7-18(17)20(16-8-9-16)12-15-10-11-21-13-15/h4-7,10-11,13-14,16,19H,3,8-9,12H2,1-2H3. The predicted molar refractivity (Wildman–Crippen MR) is 92.1 cm³/mol. The molecule has 1 saturated carbocycles. The van der Waals surface area contributed by atoms with Gasteiger partial charge >= 0.3 is 0 Å². The van der Waals surface area contributed by atoms with E-state index in [1.54, 1.807) is 11.3 Å². The topological polar surface area (TPSA) is 15.3 Å². The first-order chi connectivity index (χ1) is 10.3. The quantitative estimate of drug-likeness (QED) is 0.804. The van der Waals surface area contributed by atoms with Crippen LogP contribution >= 0.6 is 11.3 Å². The molecule has 1 aliphatic rings. The summed E-state index contributed by atoms with van der Waals surface area (Å²) in [5, 5.41) is 7.99. The van der Waals surface area contributed by atoms with Gasteiger partial charge in [0.25, 0.3) is 0 Å². The van der Waals surface area contributed by atoms with Gasteiger partial charge in [0.15, 0.2) is 0 Å². The van der Waals surface area contributed by atoms with Crippen LogP contribution in [0.25, 0.3) is 0 Å². The van der Waals surface area contributed by atoms with Gasteiger partial charge in [0.05, 0.1) is 0 Å². The van der Waals surface area contributed by atoms with Crippen molar-refractivity contribution >= 4 is 17.0 Å². The van der Waals surface area contributed by atoms with Crippen LogP contribution in [0.15, 0.2) is 41.1 Å². The zero-order chi connectivity index (χ0) is 14.7. The average molecular weight is 300 g/mol. The lowest BCUT2D eigenvalue weighted by Crippen LogP contribution is -2.28. The van der Waals surface area contributed by atoms with Crippen molar-refractivity contribution in [3.05, 3.63) is 52.2 Å². The first kappa shape index (κ1) is 14.6. The predicted octanol–water partition coefficient (Wildman–Crippen LogP) is 4.59. The fraction of sp³-hybridized carbons (Fsp3) is 0.444. The molecule has 0 bridgehead atoms. The van der Waals surface area contributed by atoms with Gasteiger partial charge in [-0.05, 0) is 60.3 Å². The highest BCUT2D eigenvalue weighted by molar-refractivity contribution is 7.07. The number of anilines is 1. The smallest absolute Gasteiger partial charge is 0.0440 e. The van der Waals surface area contributed by atoms with E-state index in [1.165, 1.54) is 29.7 Å². The van der Waals surface area contributed by atoms with Crippen molar-refractivity contribution in [1.29, 1.82) is 0 Å². The Morgan fingerprint density at radius 3 is 2.76 bits per heavy atom. The van der Waals surface area contributed by atoms with Crippen LogP contribution in [0.5, 0.6) is 0 Å². The third-order valence-electron chi connectivity index (χ3n) is 4.14. The Labute approximate surface area is 131 Å². The van der Waals surface area contributed by atoms with Crippen LogP contribution in [-0.2, 0) is 6.54 Å². The molecule has 0 saturated heterocycles. The first-order valence-corrected chi connectivity index (χ1v) is 8.84. The van der Waals surface area contributed by atoms with Crippen LogP contribution in [0.2, 0.25) is 0 Å². The summed E-state index contributed by atoms with van der Waals surface area (Å²) in [5.41, 5.74) is 4.25. The van der Waals surface area contributed by atoms with Gasteiger partial charge in [-0.1, -0.05) is 25.1 Å². The maximum Gasteiger partial charge on any atom is 0.0440 e. The number of nitrogens with zero attached hydrogens (tertiary/aromatic N) is 1. The number of thiophene rings is 1. The summed E-state index contributed by atoms with van der Waals surface area (Å²) in [6.45, 7) is 6.47. The molecule has 1 heterocycles. The van der Waals surface area contributed by atoms with Crippen LogP contribution in [-0.4, -0.2) is 12.6 Å². The van der Waals surface area contributed by atoms with E-state index < -0.39 is 0 Å². The van der Waals surface area contributed by atoms with E-state index in [-0.39, 0.29) is 0 Å². The molecule has 1 N–H and O–H groups in total. The van der Waals surface area contributed by atoms with Crippen LogP contribution in [0.3, 0.4) is 0 Å². The molecule has 0 aliphatic heterocycles. The molecule has 0 amide bonds. The van der Waals surface area contributed by atoms with Crippen molar-refractivity contribution in [3.63, 3.8) is 0 Å². The van der Waals surface area contributed by atoms with Gasteiger partial charge in [-0.25, -0.2) is 0 Å². The van der Waals surface area contributed by atoms with Crippen molar-refractivity contribution in [3.8, 4) is 0 Å².